The molecule has 0 unspecified atom stereocenters. The van der Waals surface area contributed by atoms with Crippen LogP contribution in [0.25, 0.3) is 0 Å². The molecule has 7 heteroatoms. The van der Waals surface area contributed by atoms with Crippen LogP contribution in [-0.4, -0.2) is 21.9 Å². The quantitative estimate of drug-likeness (QED) is 0.741. The Morgan fingerprint density at radius 1 is 1.25 bits per heavy atom. The van der Waals surface area contributed by atoms with Crippen LogP contribution in [0.15, 0.2) is 45.5 Å². The molecule has 0 aliphatic carbocycles. The van der Waals surface area contributed by atoms with Gasteiger partial charge in [0.15, 0.2) is 5.04 Å². The fourth-order valence-corrected chi connectivity index (χ4v) is 3.89. The first-order chi connectivity index (χ1) is 7.38. The van der Waals surface area contributed by atoms with Gasteiger partial charge in [-0.05, 0) is 6.07 Å². The molecule has 0 saturated carbocycles. The van der Waals surface area contributed by atoms with Crippen molar-refractivity contribution in [1.82, 2.24) is 0 Å². The summed E-state index contributed by atoms with van der Waals surface area (Å²) in [7, 11) is -7.73. The van der Waals surface area contributed by atoms with Crippen molar-refractivity contribution < 1.29 is 16.8 Å². The predicted molar refractivity (Wildman–Crippen MR) is 59.3 cm³/mol. The van der Waals surface area contributed by atoms with E-state index in [4.69, 9.17) is 0 Å². The molecular weight excluding hydrogens is 250 g/mol. The highest BCUT2D eigenvalue weighted by Gasteiger charge is 2.34. The van der Waals surface area contributed by atoms with Gasteiger partial charge in [0.2, 0.25) is 9.84 Å². The SMILES string of the molecule is C=CS(=O)(=O)C1=NS(=O)(=O)c2ccccc21. The Morgan fingerprint density at radius 2 is 1.88 bits per heavy atom. The zero-order chi connectivity index (χ0) is 12.0. The number of fused-ring (bicyclic) bond motifs is 1. The molecule has 0 aromatic heterocycles. The molecule has 0 radical (unpaired) electrons. The number of hydrogen-bond acceptors (Lipinski definition) is 4. The zero-order valence-corrected chi connectivity index (χ0v) is 9.62. The summed E-state index contributed by atoms with van der Waals surface area (Å²) in [5, 5.41) is 0.224. The lowest BCUT2D eigenvalue weighted by molar-refractivity contribution is 0.599. The molecule has 1 aliphatic rings. The van der Waals surface area contributed by atoms with E-state index in [2.05, 4.69) is 11.0 Å². The minimum Gasteiger partial charge on any atom is -0.217 e. The largest absolute Gasteiger partial charge is 0.284 e. The van der Waals surface area contributed by atoms with E-state index >= 15 is 0 Å². The van der Waals surface area contributed by atoms with Gasteiger partial charge in [0, 0.05) is 11.0 Å². The number of nitrogens with zero attached hydrogens (tertiary/aromatic N) is 1. The Hall–Kier alpha value is -1.47. The summed E-state index contributed by atoms with van der Waals surface area (Å²) in [4.78, 5) is -0.0876. The van der Waals surface area contributed by atoms with E-state index in [9.17, 15) is 16.8 Å². The normalized spacial score (nSPS) is 17.6. The van der Waals surface area contributed by atoms with Gasteiger partial charge >= 0.3 is 0 Å². The van der Waals surface area contributed by atoms with Crippen molar-refractivity contribution >= 4 is 24.9 Å². The number of benzene rings is 1. The van der Waals surface area contributed by atoms with E-state index in [0.29, 0.717) is 5.41 Å². The van der Waals surface area contributed by atoms with Crippen LogP contribution in [-0.2, 0) is 19.9 Å². The first kappa shape index (κ1) is 11.0. The average molecular weight is 257 g/mol. The Kier molecular flexibility index (Phi) is 2.25. The monoisotopic (exact) mass is 257 g/mol. The predicted octanol–water partition coefficient (Wildman–Crippen LogP) is 0.694. The van der Waals surface area contributed by atoms with Crippen LogP contribution in [0.3, 0.4) is 0 Å². The number of sulfone groups is 1. The van der Waals surface area contributed by atoms with Gasteiger partial charge in [-0.3, -0.25) is 0 Å². The standard InChI is InChI=1S/C9H7NO4S2/c1-2-15(11,12)9-7-5-3-4-6-8(7)16(13,14)10-9/h2-6H,1H2. The molecule has 5 nitrogen and oxygen atoms in total. The molecule has 0 N–H and O–H groups in total. The molecule has 84 valence electrons. The fourth-order valence-electron chi connectivity index (χ4n) is 1.36. The van der Waals surface area contributed by atoms with E-state index in [1.807, 2.05) is 0 Å². The van der Waals surface area contributed by atoms with E-state index in [1.165, 1.54) is 18.2 Å². The first-order valence-corrected chi connectivity index (χ1v) is 7.19. The van der Waals surface area contributed by atoms with Crippen LogP contribution in [0.1, 0.15) is 5.56 Å². The molecule has 0 atom stereocenters. The molecule has 2 rings (SSSR count). The Bertz CT molecular complexity index is 699. The van der Waals surface area contributed by atoms with Gasteiger partial charge in [-0.25, -0.2) is 8.42 Å². The van der Waals surface area contributed by atoms with Crippen molar-refractivity contribution in [2.75, 3.05) is 0 Å². The Balaban J connectivity index is 2.85. The van der Waals surface area contributed by atoms with Gasteiger partial charge in [-0.1, -0.05) is 24.8 Å². The Morgan fingerprint density at radius 3 is 2.50 bits per heavy atom. The summed E-state index contributed by atoms with van der Waals surface area (Å²) in [5.74, 6) is 0. The van der Waals surface area contributed by atoms with Gasteiger partial charge in [0.25, 0.3) is 10.0 Å². The molecule has 0 spiro atoms. The first-order valence-electron chi connectivity index (χ1n) is 4.20. The van der Waals surface area contributed by atoms with Crippen molar-refractivity contribution in [3.05, 3.63) is 41.8 Å². The van der Waals surface area contributed by atoms with Gasteiger partial charge in [-0.15, -0.1) is 4.40 Å². The molecule has 1 heterocycles. The summed E-state index contributed by atoms with van der Waals surface area (Å²) in [6.07, 6.45) is 0. The minimum atomic E-state index is -3.89. The summed E-state index contributed by atoms with van der Waals surface area (Å²) in [5.41, 5.74) is 0.0994. The van der Waals surface area contributed by atoms with Crippen molar-refractivity contribution in [2.45, 2.75) is 4.90 Å². The molecule has 0 bridgehead atoms. The fraction of sp³-hybridized carbons (Fsp3) is 0. The zero-order valence-electron chi connectivity index (χ0n) is 7.99. The third-order valence-corrected chi connectivity index (χ3v) is 4.83. The van der Waals surface area contributed by atoms with Gasteiger partial charge in [0.1, 0.15) is 0 Å². The molecule has 1 aromatic rings. The second-order valence-corrected chi connectivity index (χ2v) is 6.46. The smallest absolute Gasteiger partial charge is 0.217 e. The summed E-state index contributed by atoms with van der Waals surface area (Å²) >= 11 is 0. The van der Waals surface area contributed by atoms with Crippen molar-refractivity contribution in [3.63, 3.8) is 0 Å². The van der Waals surface area contributed by atoms with E-state index < -0.39 is 24.9 Å². The summed E-state index contributed by atoms with van der Waals surface area (Å²) in [6, 6.07) is 5.78. The molecule has 16 heavy (non-hydrogen) atoms. The van der Waals surface area contributed by atoms with Crippen molar-refractivity contribution in [1.29, 1.82) is 0 Å². The molecular formula is C9H7NO4S2. The maximum absolute atomic E-state index is 11.5. The van der Waals surface area contributed by atoms with Gasteiger partial charge in [-0.2, -0.15) is 8.42 Å². The van der Waals surface area contributed by atoms with Crippen LogP contribution < -0.4 is 0 Å². The highest BCUT2D eigenvalue weighted by atomic mass is 32.2. The molecule has 0 amide bonds. The minimum absolute atomic E-state index is 0.0876. The maximum atomic E-state index is 11.5. The second kappa shape index (κ2) is 3.26. The highest BCUT2D eigenvalue weighted by molar-refractivity contribution is 8.10. The number of rotatable bonds is 1. The number of sulfonamides is 1. The topological polar surface area (TPSA) is 80.6 Å². The van der Waals surface area contributed by atoms with Gasteiger partial charge in [0.05, 0.1) is 4.90 Å². The lowest BCUT2D eigenvalue weighted by atomic mass is 10.2. The van der Waals surface area contributed by atoms with Gasteiger partial charge < -0.3 is 0 Å². The van der Waals surface area contributed by atoms with E-state index in [1.54, 1.807) is 6.07 Å². The second-order valence-electron chi connectivity index (χ2n) is 3.08. The molecule has 0 fully saturated rings. The lowest BCUT2D eigenvalue weighted by Gasteiger charge is -1.98. The summed E-state index contributed by atoms with van der Waals surface area (Å²) in [6.45, 7) is 3.13. The van der Waals surface area contributed by atoms with E-state index in [-0.39, 0.29) is 10.5 Å². The summed E-state index contributed by atoms with van der Waals surface area (Å²) < 4.78 is 49.4. The highest BCUT2D eigenvalue weighted by Crippen LogP contribution is 2.28. The molecule has 1 aromatic carbocycles. The van der Waals surface area contributed by atoms with Crippen molar-refractivity contribution in [3.8, 4) is 0 Å². The third-order valence-electron chi connectivity index (χ3n) is 2.09. The van der Waals surface area contributed by atoms with Crippen molar-refractivity contribution in [2.24, 2.45) is 4.40 Å². The average Bonchev–Trinajstić information content (AvgIpc) is 2.53. The Labute approximate surface area is 93.1 Å². The van der Waals surface area contributed by atoms with Crippen LogP contribution in [0.2, 0.25) is 0 Å². The molecule has 1 aliphatic heterocycles. The third kappa shape index (κ3) is 1.48. The van der Waals surface area contributed by atoms with E-state index in [0.717, 1.165) is 0 Å². The van der Waals surface area contributed by atoms with Crippen LogP contribution in [0, 0.1) is 0 Å². The maximum Gasteiger partial charge on any atom is 0.284 e. The van der Waals surface area contributed by atoms with Crippen LogP contribution in [0.4, 0.5) is 0 Å². The number of hydrogen-bond donors (Lipinski definition) is 0. The lowest BCUT2D eigenvalue weighted by Crippen LogP contribution is -2.10. The van der Waals surface area contributed by atoms with Crippen LogP contribution >= 0.6 is 0 Å². The van der Waals surface area contributed by atoms with Crippen LogP contribution in [0.5, 0.6) is 0 Å². The molecule has 0 saturated heterocycles.